The summed E-state index contributed by atoms with van der Waals surface area (Å²) in [4.78, 5) is 0. The molecular weight excluding hydrogens is 210 g/mol. The normalized spacial score (nSPS) is 28.2. The summed E-state index contributed by atoms with van der Waals surface area (Å²) in [7, 11) is 0. The summed E-state index contributed by atoms with van der Waals surface area (Å²) in [5.74, 6) is 0. The standard InChI is InChI=1S/C15H31NO/c1-5-7-11-17-14-12-15(3,4)9-8-13(14)16-10-6-2/h13-14,16H,5-12H2,1-4H3. The van der Waals surface area contributed by atoms with Crippen LogP contribution in [0, 0.1) is 5.41 Å². The van der Waals surface area contributed by atoms with Gasteiger partial charge in [-0.05, 0) is 44.1 Å². The second-order valence-corrected chi connectivity index (χ2v) is 6.23. The average Bonchev–Trinajstić information content (AvgIpc) is 2.27. The molecule has 0 aromatic heterocycles. The molecule has 2 nitrogen and oxygen atoms in total. The van der Waals surface area contributed by atoms with Gasteiger partial charge < -0.3 is 10.1 Å². The van der Waals surface area contributed by atoms with Crippen LogP contribution < -0.4 is 5.32 Å². The number of ether oxygens (including phenoxy) is 1. The molecule has 102 valence electrons. The first-order valence-corrected chi connectivity index (χ1v) is 7.44. The quantitative estimate of drug-likeness (QED) is 0.685. The summed E-state index contributed by atoms with van der Waals surface area (Å²) in [5, 5.41) is 3.66. The van der Waals surface area contributed by atoms with Crippen molar-refractivity contribution in [2.75, 3.05) is 13.2 Å². The van der Waals surface area contributed by atoms with Crippen molar-refractivity contribution in [3.63, 3.8) is 0 Å². The molecule has 0 aromatic carbocycles. The minimum atomic E-state index is 0.428. The molecular formula is C15H31NO. The first-order valence-electron chi connectivity index (χ1n) is 7.44. The van der Waals surface area contributed by atoms with Crippen LogP contribution in [0.25, 0.3) is 0 Å². The van der Waals surface area contributed by atoms with E-state index in [2.05, 4.69) is 33.0 Å². The first kappa shape index (κ1) is 15.0. The van der Waals surface area contributed by atoms with Gasteiger partial charge in [-0.3, -0.25) is 0 Å². The highest BCUT2D eigenvalue weighted by molar-refractivity contribution is 4.89. The lowest BCUT2D eigenvalue weighted by Crippen LogP contribution is -2.48. The molecule has 2 unspecified atom stereocenters. The van der Waals surface area contributed by atoms with E-state index in [1.54, 1.807) is 0 Å². The fourth-order valence-electron chi connectivity index (χ4n) is 2.64. The van der Waals surface area contributed by atoms with E-state index in [0.717, 1.165) is 13.2 Å². The van der Waals surface area contributed by atoms with E-state index in [-0.39, 0.29) is 0 Å². The molecule has 0 aromatic rings. The maximum atomic E-state index is 6.11. The van der Waals surface area contributed by atoms with Crippen LogP contribution in [0.5, 0.6) is 0 Å². The van der Waals surface area contributed by atoms with E-state index >= 15 is 0 Å². The van der Waals surface area contributed by atoms with E-state index in [0.29, 0.717) is 17.6 Å². The summed E-state index contributed by atoms with van der Waals surface area (Å²) in [6.45, 7) is 11.3. The van der Waals surface area contributed by atoms with Gasteiger partial charge in [-0.15, -0.1) is 0 Å². The van der Waals surface area contributed by atoms with Crippen LogP contribution in [-0.4, -0.2) is 25.3 Å². The molecule has 1 aliphatic carbocycles. The van der Waals surface area contributed by atoms with Crippen LogP contribution in [0.15, 0.2) is 0 Å². The number of rotatable bonds is 7. The lowest BCUT2D eigenvalue weighted by molar-refractivity contribution is -0.0289. The van der Waals surface area contributed by atoms with Crippen molar-refractivity contribution >= 4 is 0 Å². The van der Waals surface area contributed by atoms with Gasteiger partial charge in [-0.25, -0.2) is 0 Å². The van der Waals surface area contributed by atoms with Crippen LogP contribution in [0.4, 0.5) is 0 Å². The Morgan fingerprint density at radius 1 is 1.24 bits per heavy atom. The van der Waals surface area contributed by atoms with Gasteiger partial charge in [0, 0.05) is 12.6 Å². The zero-order chi connectivity index (χ0) is 12.7. The Morgan fingerprint density at radius 3 is 2.65 bits per heavy atom. The van der Waals surface area contributed by atoms with Crippen molar-refractivity contribution in [3.8, 4) is 0 Å². The molecule has 2 atom stereocenters. The van der Waals surface area contributed by atoms with Crippen LogP contribution in [0.1, 0.15) is 66.2 Å². The monoisotopic (exact) mass is 241 g/mol. The Bertz CT molecular complexity index is 203. The average molecular weight is 241 g/mol. The van der Waals surface area contributed by atoms with Gasteiger partial charge in [0.25, 0.3) is 0 Å². The third kappa shape index (κ3) is 5.39. The molecule has 0 radical (unpaired) electrons. The molecule has 1 rings (SSSR count). The largest absolute Gasteiger partial charge is 0.377 e. The fourth-order valence-corrected chi connectivity index (χ4v) is 2.64. The highest BCUT2D eigenvalue weighted by Crippen LogP contribution is 2.36. The molecule has 17 heavy (non-hydrogen) atoms. The van der Waals surface area contributed by atoms with E-state index in [9.17, 15) is 0 Å². The molecule has 1 saturated carbocycles. The summed E-state index contributed by atoms with van der Waals surface area (Å²) in [6.07, 6.45) is 7.85. The van der Waals surface area contributed by atoms with E-state index < -0.39 is 0 Å². The zero-order valence-corrected chi connectivity index (χ0v) is 12.2. The van der Waals surface area contributed by atoms with E-state index in [4.69, 9.17) is 4.74 Å². The topological polar surface area (TPSA) is 21.3 Å². The van der Waals surface area contributed by atoms with Gasteiger partial charge in [-0.1, -0.05) is 34.1 Å². The van der Waals surface area contributed by atoms with Crippen LogP contribution in [0.2, 0.25) is 0 Å². The van der Waals surface area contributed by atoms with Crippen molar-refractivity contribution in [1.29, 1.82) is 0 Å². The smallest absolute Gasteiger partial charge is 0.0733 e. The predicted octanol–water partition coefficient (Wildman–Crippen LogP) is 3.75. The van der Waals surface area contributed by atoms with Gasteiger partial charge in [0.1, 0.15) is 0 Å². The second-order valence-electron chi connectivity index (χ2n) is 6.23. The maximum Gasteiger partial charge on any atom is 0.0733 e. The Hall–Kier alpha value is -0.0800. The van der Waals surface area contributed by atoms with Crippen LogP contribution >= 0.6 is 0 Å². The molecule has 0 saturated heterocycles. The van der Waals surface area contributed by atoms with Crippen molar-refractivity contribution in [1.82, 2.24) is 5.32 Å². The summed E-state index contributed by atoms with van der Waals surface area (Å²) < 4.78 is 6.11. The molecule has 1 aliphatic rings. The summed E-state index contributed by atoms with van der Waals surface area (Å²) >= 11 is 0. The SMILES string of the molecule is CCCCOC1CC(C)(C)CCC1NCCC. The summed E-state index contributed by atoms with van der Waals surface area (Å²) in [6, 6.07) is 0.583. The molecule has 0 spiro atoms. The fraction of sp³-hybridized carbons (Fsp3) is 1.00. The Balaban J connectivity index is 2.43. The molecule has 1 N–H and O–H groups in total. The zero-order valence-electron chi connectivity index (χ0n) is 12.2. The molecule has 0 heterocycles. The van der Waals surface area contributed by atoms with Crippen molar-refractivity contribution in [2.24, 2.45) is 5.41 Å². The third-order valence-electron chi connectivity index (χ3n) is 3.82. The number of unbranched alkanes of at least 4 members (excludes halogenated alkanes) is 1. The molecule has 0 amide bonds. The van der Waals surface area contributed by atoms with Gasteiger partial charge in [-0.2, -0.15) is 0 Å². The lowest BCUT2D eigenvalue weighted by atomic mass is 9.74. The van der Waals surface area contributed by atoms with E-state index in [1.165, 1.54) is 38.5 Å². The number of nitrogens with one attached hydrogen (secondary N) is 1. The minimum absolute atomic E-state index is 0.428. The molecule has 0 aliphatic heterocycles. The van der Waals surface area contributed by atoms with E-state index in [1.807, 2.05) is 0 Å². The second kappa shape index (κ2) is 7.38. The van der Waals surface area contributed by atoms with Crippen LogP contribution in [-0.2, 0) is 4.74 Å². The Labute approximate surface area is 108 Å². The van der Waals surface area contributed by atoms with Crippen LogP contribution in [0.3, 0.4) is 0 Å². The van der Waals surface area contributed by atoms with Crippen molar-refractivity contribution < 1.29 is 4.74 Å². The predicted molar refractivity (Wildman–Crippen MR) is 74.4 cm³/mol. The van der Waals surface area contributed by atoms with Crippen molar-refractivity contribution in [3.05, 3.63) is 0 Å². The van der Waals surface area contributed by atoms with Gasteiger partial charge in [0.15, 0.2) is 0 Å². The number of hydrogen-bond acceptors (Lipinski definition) is 2. The maximum absolute atomic E-state index is 6.11. The van der Waals surface area contributed by atoms with Gasteiger partial charge in [0.2, 0.25) is 0 Å². The highest BCUT2D eigenvalue weighted by Gasteiger charge is 2.34. The minimum Gasteiger partial charge on any atom is -0.377 e. The molecule has 2 heteroatoms. The van der Waals surface area contributed by atoms with Gasteiger partial charge >= 0.3 is 0 Å². The molecule has 1 fully saturated rings. The number of hydrogen-bond donors (Lipinski definition) is 1. The lowest BCUT2D eigenvalue weighted by Gasteiger charge is -2.41. The summed E-state index contributed by atoms with van der Waals surface area (Å²) in [5.41, 5.74) is 0.460. The van der Waals surface area contributed by atoms with Gasteiger partial charge in [0.05, 0.1) is 6.10 Å². The first-order chi connectivity index (χ1) is 8.09. The Morgan fingerprint density at radius 2 is 2.00 bits per heavy atom. The highest BCUT2D eigenvalue weighted by atomic mass is 16.5. The van der Waals surface area contributed by atoms with Crippen molar-refractivity contribution in [2.45, 2.75) is 78.4 Å². The Kier molecular flexibility index (Phi) is 6.50. The molecule has 0 bridgehead atoms. The third-order valence-corrected chi connectivity index (χ3v) is 3.82.